The number of hydrogen-bond acceptors (Lipinski definition) is 7. The van der Waals surface area contributed by atoms with Crippen molar-refractivity contribution in [3.63, 3.8) is 0 Å². The van der Waals surface area contributed by atoms with Crippen LogP contribution in [0.25, 0.3) is 6.08 Å². The number of ether oxygens (including phenoxy) is 1. The highest BCUT2D eigenvalue weighted by molar-refractivity contribution is 8.26. The van der Waals surface area contributed by atoms with Crippen LogP contribution in [0.1, 0.15) is 12.0 Å². The van der Waals surface area contributed by atoms with E-state index in [1.54, 1.807) is 0 Å². The third-order valence-electron chi connectivity index (χ3n) is 3.29. The number of rotatable bonds is 6. The van der Waals surface area contributed by atoms with Gasteiger partial charge in [0.25, 0.3) is 5.91 Å². The molecule has 2 rings (SSSR count). The van der Waals surface area contributed by atoms with Gasteiger partial charge in [0.15, 0.2) is 11.5 Å². The van der Waals surface area contributed by atoms with E-state index in [4.69, 9.17) is 22.1 Å². The number of phenols is 1. The topological polar surface area (TPSA) is 124 Å². The Balaban J connectivity index is 2.34. The van der Waals surface area contributed by atoms with Crippen LogP contribution in [0.15, 0.2) is 23.1 Å². The van der Waals surface area contributed by atoms with E-state index in [2.05, 4.69) is 0 Å². The lowest BCUT2D eigenvalue weighted by Crippen LogP contribution is -2.45. The van der Waals surface area contributed by atoms with Gasteiger partial charge < -0.3 is 20.1 Å². The van der Waals surface area contributed by atoms with Crippen molar-refractivity contribution in [3.8, 4) is 11.5 Å². The van der Waals surface area contributed by atoms with E-state index in [1.807, 2.05) is 0 Å². The summed E-state index contributed by atoms with van der Waals surface area (Å²) < 4.78 is 4.95. The first-order valence-corrected chi connectivity index (χ1v) is 8.05. The zero-order chi connectivity index (χ0) is 18.7. The van der Waals surface area contributed by atoms with Crippen molar-refractivity contribution < 1.29 is 34.4 Å². The molecule has 1 fully saturated rings. The van der Waals surface area contributed by atoms with Gasteiger partial charge >= 0.3 is 11.9 Å². The average Bonchev–Trinajstić information content (AvgIpc) is 2.80. The molecular weight excluding hydrogens is 370 g/mol. The molecule has 1 aliphatic rings. The smallest absolute Gasteiger partial charge is 0.327 e. The van der Waals surface area contributed by atoms with Crippen molar-refractivity contribution in [3.05, 3.63) is 28.7 Å². The fourth-order valence-electron chi connectivity index (χ4n) is 2.14. The van der Waals surface area contributed by atoms with Gasteiger partial charge in [0.1, 0.15) is 10.4 Å². The summed E-state index contributed by atoms with van der Waals surface area (Å²) in [5.41, 5.74) is 0.528. The molecule has 1 unspecified atom stereocenters. The molecule has 3 N–H and O–H groups in total. The Bertz CT molecular complexity index is 790. The van der Waals surface area contributed by atoms with Crippen molar-refractivity contribution in [1.82, 2.24) is 4.90 Å². The fourth-order valence-corrected chi connectivity index (χ4v) is 3.50. The van der Waals surface area contributed by atoms with Gasteiger partial charge in [-0.3, -0.25) is 14.5 Å². The van der Waals surface area contributed by atoms with E-state index in [1.165, 1.54) is 31.4 Å². The number of thiocarbonyl (C=S) groups is 1. The number of phenolic OH excluding ortho intramolecular Hbond substituents is 1. The lowest BCUT2D eigenvalue weighted by molar-refractivity contribution is -0.150. The third-order valence-corrected chi connectivity index (χ3v) is 4.62. The number of carboxylic acids is 2. The molecule has 1 amide bonds. The van der Waals surface area contributed by atoms with E-state index in [0.29, 0.717) is 5.56 Å². The lowest BCUT2D eigenvalue weighted by Gasteiger charge is -2.21. The average molecular weight is 383 g/mol. The number of carbonyl (C=O) groups excluding carboxylic acids is 1. The van der Waals surface area contributed by atoms with Gasteiger partial charge in [0, 0.05) is 0 Å². The van der Waals surface area contributed by atoms with Gasteiger partial charge in [-0.15, -0.1) is 0 Å². The highest BCUT2D eigenvalue weighted by atomic mass is 32.2. The summed E-state index contributed by atoms with van der Waals surface area (Å²) in [6.45, 7) is 0. The quantitative estimate of drug-likeness (QED) is 0.495. The number of hydrogen-bond donors (Lipinski definition) is 3. The summed E-state index contributed by atoms with van der Waals surface area (Å²) in [5, 5.41) is 27.6. The SMILES string of the molecule is COc1cc(/C=C2\SC(=S)N(C(CC(=O)O)C(=O)O)C2=O)ccc1O. The summed E-state index contributed by atoms with van der Waals surface area (Å²) in [7, 11) is 1.38. The van der Waals surface area contributed by atoms with E-state index in [-0.39, 0.29) is 20.7 Å². The van der Waals surface area contributed by atoms with Crippen LogP contribution < -0.4 is 4.74 Å². The standard InChI is InChI=1S/C15H13NO7S2/c1-23-10-4-7(2-3-9(10)17)5-11-13(20)16(15(24)25-11)8(14(21)22)6-12(18)19/h2-5,8,17H,6H2,1H3,(H,18,19)(H,21,22)/b11-5-. The number of aliphatic carboxylic acids is 2. The van der Waals surface area contributed by atoms with E-state index < -0.39 is 30.3 Å². The molecule has 1 atom stereocenters. The van der Waals surface area contributed by atoms with Crippen LogP contribution in [0.4, 0.5) is 0 Å². The molecule has 0 spiro atoms. The minimum absolute atomic E-state index is 0.0318. The maximum absolute atomic E-state index is 12.5. The Labute approximate surface area is 151 Å². The van der Waals surface area contributed by atoms with Crippen LogP contribution >= 0.6 is 24.0 Å². The maximum atomic E-state index is 12.5. The molecule has 1 aromatic carbocycles. The molecule has 1 saturated heterocycles. The molecule has 1 aliphatic heterocycles. The van der Waals surface area contributed by atoms with Crippen molar-refractivity contribution in [2.75, 3.05) is 7.11 Å². The molecule has 0 bridgehead atoms. The largest absolute Gasteiger partial charge is 0.504 e. The van der Waals surface area contributed by atoms with Crippen LogP contribution in [0, 0.1) is 0 Å². The first-order chi connectivity index (χ1) is 11.7. The van der Waals surface area contributed by atoms with Crippen LogP contribution in [-0.4, -0.2) is 55.5 Å². The van der Waals surface area contributed by atoms with Gasteiger partial charge in [-0.1, -0.05) is 30.0 Å². The number of amides is 1. The Morgan fingerprint density at radius 2 is 2.08 bits per heavy atom. The Morgan fingerprint density at radius 1 is 1.40 bits per heavy atom. The second kappa shape index (κ2) is 7.53. The predicted molar refractivity (Wildman–Crippen MR) is 93.3 cm³/mol. The predicted octanol–water partition coefficient (Wildman–Crippen LogP) is 1.53. The van der Waals surface area contributed by atoms with Gasteiger partial charge in [0.05, 0.1) is 18.4 Å². The Hall–Kier alpha value is -2.59. The summed E-state index contributed by atoms with van der Waals surface area (Å²) >= 11 is 5.91. The normalized spacial score (nSPS) is 17.0. The number of benzene rings is 1. The lowest BCUT2D eigenvalue weighted by atomic mass is 10.1. The van der Waals surface area contributed by atoms with Crippen LogP contribution in [-0.2, 0) is 14.4 Å². The number of carboxylic acid groups (broad SMARTS) is 2. The number of carbonyl (C=O) groups is 3. The summed E-state index contributed by atoms with van der Waals surface area (Å²) in [4.78, 5) is 35.6. The Morgan fingerprint density at radius 3 is 2.64 bits per heavy atom. The van der Waals surface area contributed by atoms with Crippen molar-refractivity contribution >= 4 is 52.2 Å². The molecule has 0 aromatic heterocycles. The second-order valence-corrected chi connectivity index (χ2v) is 6.61. The van der Waals surface area contributed by atoms with E-state index in [0.717, 1.165) is 16.7 Å². The van der Waals surface area contributed by atoms with Gasteiger partial charge in [0.2, 0.25) is 0 Å². The molecule has 25 heavy (non-hydrogen) atoms. The minimum Gasteiger partial charge on any atom is -0.504 e. The van der Waals surface area contributed by atoms with Gasteiger partial charge in [-0.05, 0) is 23.8 Å². The number of thioether (sulfide) groups is 1. The highest BCUT2D eigenvalue weighted by Gasteiger charge is 2.41. The van der Waals surface area contributed by atoms with Crippen molar-refractivity contribution in [1.29, 1.82) is 0 Å². The van der Waals surface area contributed by atoms with E-state index >= 15 is 0 Å². The molecule has 0 radical (unpaired) electrons. The fraction of sp³-hybridized carbons (Fsp3) is 0.200. The molecule has 8 nitrogen and oxygen atoms in total. The Kier molecular flexibility index (Phi) is 5.65. The highest BCUT2D eigenvalue weighted by Crippen LogP contribution is 2.36. The molecule has 132 valence electrons. The van der Waals surface area contributed by atoms with Crippen molar-refractivity contribution in [2.24, 2.45) is 0 Å². The van der Waals surface area contributed by atoms with Crippen LogP contribution in [0.2, 0.25) is 0 Å². The number of nitrogens with zero attached hydrogens (tertiary/aromatic N) is 1. The summed E-state index contributed by atoms with van der Waals surface area (Å²) in [6, 6.07) is 2.84. The van der Waals surface area contributed by atoms with Gasteiger partial charge in [-0.25, -0.2) is 4.79 Å². The minimum atomic E-state index is -1.58. The molecule has 0 aliphatic carbocycles. The first-order valence-electron chi connectivity index (χ1n) is 6.83. The zero-order valence-corrected chi connectivity index (χ0v) is 14.5. The molecule has 0 saturated carbocycles. The van der Waals surface area contributed by atoms with Crippen LogP contribution in [0.5, 0.6) is 11.5 Å². The van der Waals surface area contributed by atoms with Crippen LogP contribution in [0.3, 0.4) is 0 Å². The molecular formula is C15H13NO7S2. The van der Waals surface area contributed by atoms with E-state index in [9.17, 15) is 24.6 Å². The number of aromatic hydroxyl groups is 1. The second-order valence-electron chi connectivity index (χ2n) is 4.93. The number of methoxy groups -OCH3 is 1. The first kappa shape index (κ1) is 18.7. The monoisotopic (exact) mass is 383 g/mol. The summed E-state index contributed by atoms with van der Waals surface area (Å²) in [6.07, 6.45) is 0.697. The molecule has 1 aromatic rings. The third kappa shape index (κ3) is 4.09. The molecule has 1 heterocycles. The summed E-state index contributed by atoms with van der Waals surface area (Å²) in [5.74, 6) is -3.35. The van der Waals surface area contributed by atoms with Crippen molar-refractivity contribution in [2.45, 2.75) is 12.5 Å². The zero-order valence-electron chi connectivity index (χ0n) is 12.8. The maximum Gasteiger partial charge on any atom is 0.327 e. The molecule has 10 heteroatoms. The van der Waals surface area contributed by atoms with Gasteiger partial charge in [-0.2, -0.15) is 0 Å².